The maximum Gasteiger partial charge on any atom is 0.245 e. The van der Waals surface area contributed by atoms with Crippen molar-refractivity contribution in [2.24, 2.45) is 5.73 Å². The first-order valence-electron chi connectivity index (χ1n) is 1.83. The van der Waals surface area contributed by atoms with Gasteiger partial charge in [-0.25, -0.2) is 0 Å². The van der Waals surface area contributed by atoms with Gasteiger partial charge in [-0.1, -0.05) is 0 Å². The molecule has 1 radical (unpaired) electrons. The lowest BCUT2D eigenvalue weighted by atomic mass is 10.2. The first kappa shape index (κ1) is 5.47. The van der Waals surface area contributed by atoms with Crippen molar-refractivity contribution in [3.63, 3.8) is 0 Å². The third-order valence-corrected chi connectivity index (χ3v) is 0.577. The molecule has 0 heterocycles. The predicted molar refractivity (Wildman–Crippen MR) is 25.7 cm³/mol. The van der Waals surface area contributed by atoms with Crippen LogP contribution in [0.5, 0.6) is 0 Å². The molecule has 0 aliphatic heterocycles. The average molecular weight is 86.1 g/mol. The van der Waals surface area contributed by atoms with Crippen molar-refractivity contribution in [2.75, 3.05) is 0 Å². The lowest BCUT2D eigenvalue weighted by molar-refractivity contribution is -0.116. The van der Waals surface area contributed by atoms with Crippen LogP contribution in [0.15, 0.2) is 0 Å². The van der Waals surface area contributed by atoms with Crippen molar-refractivity contribution >= 4 is 5.84 Å². The zero-order valence-electron chi connectivity index (χ0n) is 4.15. The normalized spacial score (nSPS) is 9.17. The van der Waals surface area contributed by atoms with Crippen LogP contribution in [0.3, 0.4) is 0 Å². The molecule has 0 amide bonds. The van der Waals surface area contributed by atoms with Gasteiger partial charge in [0.15, 0.2) is 0 Å². The van der Waals surface area contributed by atoms with Crippen LogP contribution in [0.1, 0.15) is 13.8 Å². The molecule has 0 unspecified atom stereocenters. The molecule has 0 bridgehead atoms. The summed E-state index contributed by atoms with van der Waals surface area (Å²) in [5.74, 6) is 1.41. The minimum absolute atomic E-state index is 0.426. The van der Waals surface area contributed by atoms with Gasteiger partial charge in [-0.15, -0.1) is 0 Å². The highest BCUT2D eigenvalue weighted by Crippen LogP contribution is 1.86. The molecule has 35 valence electrons. The number of rotatable bonds is 1. The SMILES string of the molecule is C[C](C)C(N)=[NH2+]. The van der Waals surface area contributed by atoms with E-state index in [0.717, 1.165) is 5.92 Å². The third-order valence-electron chi connectivity index (χ3n) is 0.577. The molecule has 6 heavy (non-hydrogen) atoms. The maximum absolute atomic E-state index is 5.09. The predicted octanol–water partition coefficient (Wildman–Crippen LogP) is -1.28. The number of amidine groups is 1. The van der Waals surface area contributed by atoms with Crippen molar-refractivity contribution in [3.8, 4) is 0 Å². The fourth-order valence-corrected chi connectivity index (χ4v) is 0. The molecule has 0 aromatic carbocycles. The summed E-state index contributed by atoms with van der Waals surface area (Å²) >= 11 is 0. The van der Waals surface area contributed by atoms with Gasteiger partial charge >= 0.3 is 0 Å². The van der Waals surface area contributed by atoms with E-state index in [-0.39, 0.29) is 0 Å². The Bertz CT molecular complexity index is 56.6. The van der Waals surface area contributed by atoms with Gasteiger partial charge in [0, 0.05) is 0 Å². The second kappa shape index (κ2) is 1.80. The summed E-state index contributed by atoms with van der Waals surface area (Å²) in [6.45, 7) is 3.74. The van der Waals surface area contributed by atoms with E-state index in [0.29, 0.717) is 5.84 Å². The molecule has 0 atom stereocenters. The molecule has 0 aliphatic rings. The van der Waals surface area contributed by atoms with Crippen molar-refractivity contribution in [3.05, 3.63) is 5.92 Å². The molecule has 0 saturated carbocycles. The van der Waals surface area contributed by atoms with Crippen LogP contribution in [0.25, 0.3) is 0 Å². The van der Waals surface area contributed by atoms with Gasteiger partial charge < -0.3 is 0 Å². The van der Waals surface area contributed by atoms with E-state index in [2.05, 4.69) is 0 Å². The molecule has 0 fully saturated rings. The molecule has 0 spiro atoms. The second-order valence-electron chi connectivity index (χ2n) is 1.46. The Balaban J connectivity index is 3.26. The summed E-state index contributed by atoms with van der Waals surface area (Å²) in [5.41, 5.74) is 5.09. The zero-order valence-corrected chi connectivity index (χ0v) is 4.15. The highest BCUT2D eigenvalue weighted by molar-refractivity contribution is 5.86. The summed E-state index contributed by atoms with van der Waals surface area (Å²) in [6.07, 6.45) is 0. The van der Waals surface area contributed by atoms with E-state index in [9.17, 15) is 0 Å². The summed E-state index contributed by atoms with van der Waals surface area (Å²) in [7, 11) is 0. The Kier molecular flexibility index (Phi) is 1.64. The Morgan fingerprint density at radius 2 is 1.67 bits per heavy atom. The minimum atomic E-state index is 0.426. The smallest absolute Gasteiger partial charge is 0.245 e. The lowest BCUT2D eigenvalue weighted by Gasteiger charge is -1.87. The molecule has 0 rings (SSSR count). The molecule has 0 aliphatic carbocycles. The maximum atomic E-state index is 5.09. The van der Waals surface area contributed by atoms with E-state index in [1.54, 1.807) is 0 Å². The molecule has 2 heteroatoms. The quantitative estimate of drug-likeness (QED) is 0.303. The van der Waals surface area contributed by atoms with Crippen LogP contribution in [0.2, 0.25) is 0 Å². The van der Waals surface area contributed by atoms with Gasteiger partial charge in [0.05, 0.1) is 5.92 Å². The van der Waals surface area contributed by atoms with Crippen LogP contribution in [0.4, 0.5) is 0 Å². The molecule has 4 N–H and O–H groups in total. The first-order chi connectivity index (χ1) is 2.64. The van der Waals surface area contributed by atoms with Crippen molar-refractivity contribution in [1.29, 1.82) is 0 Å². The molecule has 2 nitrogen and oxygen atoms in total. The van der Waals surface area contributed by atoms with Gasteiger partial charge in [0.25, 0.3) is 0 Å². The van der Waals surface area contributed by atoms with E-state index >= 15 is 0 Å². The average Bonchev–Trinajstić information content (AvgIpc) is 1.36. The monoisotopic (exact) mass is 86.1 g/mol. The van der Waals surface area contributed by atoms with E-state index < -0.39 is 0 Å². The minimum Gasteiger partial charge on any atom is -0.291 e. The highest BCUT2D eigenvalue weighted by Gasteiger charge is 1.99. The molecular weight excluding hydrogens is 76.1 g/mol. The van der Waals surface area contributed by atoms with Gasteiger partial charge in [-0.2, -0.15) is 0 Å². The standard InChI is InChI=1S/C4H9N2/c1-3(2)4(5)6/h1-2H3,(H3,5,6)/p+1. The van der Waals surface area contributed by atoms with E-state index in [4.69, 9.17) is 11.1 Å². The zero-order chi connectivity index (χ0) is 5.15. The molecule has 0 aromatic rings. The van der Waals surface area contributed by atoms with Gasteiger partial charge in [-0.05, 0) is 13.8 Å². The Morgan fingerprint density at radius 1 is 1.50 bits per heavy atom. The Labute approximate surface area is 37.9 Å². The fourth-order valence-electron chi connectivity index (χ4n) is 0. The Hall–Kier alpha value is -0.530. The van der Waals surface area contributed by atoms with Gasteiger partial charge in [0.2, 0.25) is 5.84 Å². The van der Waals surface area contributed by atoms with Crippen LogP contribution in [0, 0.1) is 5.92 Å². The second-order valence-corrected chi connectivity index (χ2v) is 1.46. The van der Waals surface area contributed by atoms with Crippen LogP contribution in [-0.2, 0) is 0 Å². The summed E-state index contributed by atoms with van der Waals surface area (Å²) < 4.78 is 0. The van der Waals surface area contributed by atoms with Gasteiger partial charge in [0.1, 0.15) is 0 Å². The van der Waals surface area contributed by atoms with Crippen LogP contribution in [-0.4, -0.2) is 5.84 Å². The Morgan fingerprint density at radius 3 is 1.67 bits per heavy atom. The number of hydrogen-bond donors (Lipinski definition) is 2. The van der Waals surface area contributed by atoms with Crippen molar-refractivity contribution in [2.45, 2.75) is 13.8 Å². The number of nitrogens with two attached hydrogens (primary N) is 2. The van der Waals surface area contributed by atoms with Crippen LogP contribution >= 0.6 is 0 Å². The topological polar surface area (TPSA) is 51.6 Å². The molecule has 0 aromatic heterocycles. The first-order valence-corrected chi connectivity index (χ1v) is 1.83. The summed E-state index contributed by atoms with van der Waals surface area (Å²) in [5, 5.41) is 5.09. The van der Waals surface area contributed by atoms with Crippen LogP contribution < -0.4 is 11.1 Å². The van der Waals surface area contributed by atoms with E-state index in [1.165, 1.54) is 0 Å². The fraction of sp³-hybridized carbons (Fsp3) is 0.500. The number of hydrogen-bond acceptors (Lipinski definition) is 0. The largest absolute Gasteiger partial charge is 0.291 e. The van der Waals surface area contributed by atoms with Crippen molar-refractivity contribution < 1.29 is 5.41 Å². The molecular formula is C4H10N2+. The van der Waals surface area contributed by atoms with E-state index in [1.807, 2.05) is 13.8 Å². The summed E-state index contributed by atoms with van der Waals surface area (Å²) in [6, 6.07) is 0. The lowest BCUT2D eigenvalue weighted by Crippen LogP contribution is -2.47. The third kappa shape index (κ3) is 1.76. The van der Waals surface area contributed by atoms with Crippen molar-refractivity contribution in [1.82, 2.24) is 0 Å². The van der Waals surface area contributed by atoms with Gasteiger partial charge in [-0.3, -0.25) is 11.1 Å². The summed E-state index contributed by atoms with van der Waals surface area (Å²) in [4.78, 5) is 0. The molecule has 0 saturated heterocycles. The highest BCUT2D eigenvalue weighted by atomic mass is 14.7.